The van der Waals surface area contributed by atoms with Crippen LogP contribution < -0.4 is 11.5 Å². The highest BCUT2D eigenvalue weighted by atomic mass is 16.3. The van der Waals surface area contributed by atoms with Gasteiger partial charge in [-0.05, 0) is 48.9 Å². The molecule has 1 amide bonds. The molecule has 0 spiro atoms. The molecule has 0 bridgehead atoms. The monoisotopic (exact) mass is 465 g/mol. The summed E-state index contributed by atoms with van der Waals surface area (Å²) < 4.78 is 0. The number of benzene rings is 1. The van der Waals surface area contributed by atoms with Crippen LogP contribution in [0, 0.1) is 17.8 Å². The molecule has 1 aromatic carbocycles. The molecule has 3 aliphatic rings. The molecule has 0 aliphatic heterocycles. The van der Waals surface area contributed by atoms with E-state index in [0.29, 0.717) is 16.8 Å². The van der Waals surface area contributed by atoms with Crippen molar-refractivity contribution in [3.63, 3.8) is 0 Å². The number of fused-ring (bicyclic) bond motifs is 3. The van der Waals surface area contributed by atoms with Crippen LogP contribution in [0.5, 0.6) is 5.75 Å². The zero-order valence-corrected chi connectivity index (χ0v) is 17.9. The molecule has 0 radical (unpaired) electrons. The van der Waals surface area contributed by atoms with Crippen LogP contribution in [0.15, 0.2) is 36.0 Å². The zero-order valence-electron chi connectivity index (χ0n) is 17.9. The van der Waals surface area contributed by atoms with Gasteiger partial charge in [0.1, 0.15) is 17.4 Å². The summed E-state index contributed by atoms with van der Waals surface area (Å²) >= 11 is 0. The molecule has 5 rings (SSSR count). The number of carbonyl (C=O) groups excluding carboxylic acids is 3. The molecule has 10 heteroatoms. The average molecular weight is 465 g/mol. The number of aliphatic hydroxyl groups is 3. The van der Waals surface area contributed by atoms with Crippen molar-refractivity contribution >= 4 is 28.9 Å². The molecule has 2 fully saturated rings. The lowest BCUT2D eigenvalue weighted by atomic mass is 9.56. The van der Waals surface area contributed by atoms with E-state index in [2.05, 4.69) is 4.98 Å². The number of nitrogen functional groups attached to an aromatic ring is 1. The number of aromatic hydroxyl groups is 1. The van der Waals surface area contributed by atoms with Crippen molar-refractivity contribution in [3.8, 4) is 17.0 Å². The van der Waals surface area contributed by atoms with Crippen LogP contribution in [0.1, 0.15) is 24.0 Å². The van der Waals surface area contributed by atoms with Crippen LogP contribution in [-0.4, -0.2) is 54.6 Å². The summed E-state index contributed by atoms with van der Waals surface area (Å²) in [6.07, 6.45) is 0.256. The summed E-state index contributed by atoms with van der Waals surface area (Å²) in [5.41, 5.74) is 9.94. The first-order valence-corrected chi connectivity index (χ1v) is 10.8. The van der Waals surface area contributed by atoms with E-state index < -0.39 is 58.4 Å². The standard InChI is InChI=1S/C24H23N3O7/c25-13-8-11(14-3-1-2-4-27-14)12-6-9-5-10-7-15(28)18(23(26)33)22(32)24(10,34)21(31)16(9)20(30)17(12)19(13)29/h1-4,8-10,15,18,28-30,34H,5-7,25H2,(H2,26,33)/t9-,10+,15?,18?,24+/m1/s1. The number of anilines is 1. The van der Waals surface area contributed by atoms with E-state index in [1.54, 1.807) is 30.5 Å². The van der Waals surface area contributed by atoms with E-state index in [0.717, 1.165) is 0 Å². The summed E-state index contributed by atoms with van der Waals surface area (Å²) in [7, 11) is 0. The number of nitrogens with zero attached hydrogens (tertiary/aromatic N) is 1. The van der Waals surface area contributed by atoms with Crippen molar-refractivity contribution in [3.05, 3.63) is 47.2 Å². The average Bonchev–Trinajstić information content (AvgIpc) is 2.79. The van der Waals surface area contributed by atoms with Crippen molar-refractivity contribution in [1.29, 1.82) is 0 Å². The number of aliphatic hydroxyl groups excluding tert-OH is 2. The van der Waals surface area contributed by atoms with E-state index in [4.69, 9.17) is 11.5 Å². The number of aromatic nitrogens is 1. The highest BCUT2D eigenvalue weighted by Crippen LogP contribution is 2.53. The number of carbonyl (C=O) groups is 3. The second kappa shape index (κ2) is 7.37. The lowest BCUT2D eigenvalue weighted by molar-refractivity contribution is -0.174. The molecule has 34 heavy (non-hydrogen) atoms. The summed E-state index contributed by atoms with van der Waals surface area (Å²) in [6.45, 7) is 0. The molecule has 2 aromatic rings. The highest BCUT2D eigenvalue weighted by molar-refractivity contribution is 6.24. The van der Waals surface area contributed by atoms with Crippen molar-refractivity contribution < 1.29 is 34.8 Å². The fourth-order valence-corrected chi connectivity index (χ4v) is 5.76. The number of phenolic OH excluding ortho intramolecular Hbond substituents is 1. The number of primary amides is 1. The molecule has 5 atom stereocenters. The van der Waals surface area contributed by atoms with Gasteiger partial charge in [0.2, 0.25) is 11.7 Å². The third-order valence-corrected chi connectivity index (χ3v) is 7.35. The van der Waals surface area contributed by atoms with Crippen LogP contribution in [0.3, 0.4) is 0 Å². The second-order valence-electron chi connectivity index (χ2n) is 9.17. The van der Waals surface area contributed by atoms with Crippen LogP contribution in [-0.2, 0) is 20.8 Å². The van der Waals surface area contributed by atoms with E-state index in [9.17, 15) is 34.8 Å². The topological polar surface area (TPSA) is 197 Å². The number of rotatable bonds is 2. The Balaban J connectivity index is 1.70. The Morgan fingerprint density at radius 2 is 1.91 bits per heavy atom. The molecule has 2 saturated carbocycles. The van der Waals surface area contributed by atoms with E-state index in [1.165, 1.54) is 0 Å². The Hall–Kier alpha value is -3.76. The summed E-state index contributed by atoms with van der Waals surface area (Å²) in [5.74, 6) is -7.70. The summed E-state index contributed by atoms with van der Waals surface area (Å²) in [4.78, 5) is 42.6. The Kier molecular flexibility index (Phi) is 4.78. The smallest absolute Gasteiger partial charge is 0.230 e. The predicted molar refractivity (Wildman–Crippen MR) is 119 cm³/mol. The predicted octanol–water partition coefficient (Wildman–Crippen LogP) is 0.233. The molecule has 176 valence electrons. The Morgan fingerprint density at radius 1 is 1.18 bits per heavy atom. The molecule has 10 nitrogen and oxygen atoms in total. The van der Waals surface area contributed by atoms with Gasteiger partial charge in [0.15, 0.2) is 11.4 Å². The number of hydrogen-bond donors (Lipinski definition) is 6. The highest BCUT2D eigenvalue weighted by Gasteiger charge is 2.64. The lowest BCUT2D eigenvalue weighted by Crippen LogP contribution is -2.66. The number of Topliss-reactive ketones (excluding diaryl/α,β-unsaturated/α-hetero) is 2. The molecular weight excluding hydrogens is 442 g/mol. The van der Waals surface area contributed by atoms with Gasteiger partial charge in [-0.1, -0.05) is 6.07 Å². The molecular formula is C24H23N3O7. The van der Waals surface area contributed by atoms with Gasteiger partial charge in [-0.2, -0.15) is 0 Å². The molecule has 8 N–H and O–H groups in total. The van der Waals surface area contributed by atoms with Crippen molar-refractivity contribution in [1.82, 2.24) is 4.98 Å². The Labute approximate surface area is 193 Å². The van der Waals surface area contributed by atoms with Gasteiger partial charge in [-0.15, -0.1) is 0 Å². The van der Waals surface area contributed by atoms with E-state index in [1.807, 2.05) is 0 Å². The van der Waals surface area contributed by atoms with Crippen molar-refractivity contribution in [2.24, 2.45) is 23.5 Å². The second-order valence-corrected chi connectivity index (χ2v) is 9.17. The molecule has 2 unspecified atom stereocenters. The Bertz CT molecular complexity index is 1290. The fourth-order valence-electron chi connectivity index (χ4n) is 5.76. The van der Waals surface area contributed by atoms with Crippen molar-refractivity contribution in [2.75, 3.05) is 5.73 Å². The fraction of sp³-hybridized carbons (Fsp3) is 0.333. The van der Waals surface area contributed by atoms with Crippen LogP contribution >= 0.6 is 0 Å². The first-order valence-electron chi connectivity index (χ1n) is 10.8. The third-order valence-electron chi connectivity index (χ3n) is 7.35. The maximum Gasteiger partial charge on any atom is 0.230 e. The lowest BCUT2D eigenvalue weighted by Gasteiger charge is -2.48. The quantitative estimate of drug-likeness (QED) is 0.204. The van der Waals surface area contributed by atoms with Gasteiger partial charge in [0.05, 0.1) is 23.0 Å². The SMILES string of the molecule is NC(=O)C1C(=O)[C@@]2(O)C(=O)C3=C(O)c4c(O)c(N)cc(-c5ccccn5)c4C[C@H]3C[C@H]2CC1O. The minimum atomic E-state index is -2.62. The number of hydrogen-bond acceptors (Lipinski definition) is 9. The number of pyridine rings is 1. The Morgan fingerprint density at radius 3 is 2.56 bits per heavy atom. The van der Waals surface area contributed by atoms with Gasteiger partial charge in [0.25, 0.3) is 0 Å². The summed E-state index contributed by atoms with van der Waals surface area (Å²) in [5, 5.41) is 43.5. The molecule has 3 aliphatic carbocycles. The first-order chi connectivity index (χ1) is 16.1. The van der Waals surface area contributed by atoms with Gasteiger partial charge < -0.3 is 31.9 Å². The molecule has 1 aromatic heterocycles. The number of ketones is 2. The van der Waals surface area contributed by atoms with E-state index >= 15 is 0 Å². The molecule has 0 saturated heterocycles. The van der Waals surface area contributed by atoms with E-state index in [-0.39, 0.29) is 36.1 Å². The van der Waals surface area contributed by atoms with Crippen molar-refractivity contribution in [2.45, 2.75) is 31.0 Å². The number of phenols is 1. The van der Waals surface area contributed by atoms with Gasteiger partial charge in [-0.25, -0.2) is 0 Å². The molecule has 1 heterocycles. The number of nitrogens with two attached hydrogens (primary N) is 2. The normalized spacial score (nSPS) is 30.4. The maximum absolute atomic E-state index is 13.5. The number of amides is 1. The minimum Gasteiger partial charge on any atom is -0.507 e. The van der Waals surface area contributed by atoms with Gasteiger partial charge in [0, 0.05) is 23.3 Å². The summed E-state index contributed by atoms with van der Waals surface area (Å²) in [6, 6.07) is 6.80. The minimum absolute atomic E-state index is 0.0458. The van der Waals surface area contributed by atoms with Crippen LogP contribution in [0.4, 0.5) is 5.69 Å². The largest absolute Gasteiger partial charge is 0.507 e. The van der Waals surface area contributed by atoms with Crippen LogP contribution in [0.2, 0.25) is 0 Å². The van der Waals surface area contributed by atoms with Gasteiger partial charge >= 0.3 is 0 Å². The van der Waals surface area contributed by atoms with Crippen LogP contribution in [0.25, 0.3) is 17.0 Å². The zero-order chi connectivity index (χ0) is 24.5. The van der Waals surface area contributed by atoms with Gasteiger partial charge in [-0.3, -0.25) is 19.4 Å². The third kappa shape index (κ3) is 2.82. The first kappa shape index (κ1) is 22.1. The maximum atomic E-state index is 13.5.